The molecule has 2 aromatic heterocycles. The van der Waals surface area contributed by atoms with Gasteiger partial charge in [0, 0.05) is 6.20 Å². The van der Waals surface area contributed by atoms with Crippen molar-refractivity contribution in [2.45, 2.75) is 0 Å². The summed E-state index contributed by atoms with van der Waals surface area (Å²) in [7, 11) is 0. The summed E-state index contributed by atoms with van der Waals surface area (Å²) in [6.07, 6.45) is 1.32. The first kappa shape index (κ1) is 10.8. The molecule has 0 fully saturated rings. The molecule has 0 saturated carbocycles. The zero-order valence-electron chi connectivity index (χ0n) is 7.52. The van der Waals surface area contributed by atoms with Crippen molar-refractivity contribution >= 4 is 40.6 Å². The number of fused-ring (bicyclic) bond motifs is 1. The van der Waals surface area contributed by atoms with E-state index in [-0.39, 0.29) is 21.5 Å². The Balaban J connectivity index is 2.92. The minimum atomic E-state index is -1.36. The summed E-state index contributed by atoms with van der Waals surface area (Å²) < 4.78 is 1.14. The van der Waals surface area contributed by atoms with Crippen LogP contribution in [0.5, 0.6) is 0 Å². The van der Waals surface area contributed by atoms with Crippen molar-refractivity contribution in [3.63, 3.8) is 0 Å². The zero-order valence-corrected chi connectivity index (χ0v) is 9.03. The third kappa shape index (κ3) is 1.52. The van der Waals surface area contributed by atoms with E-state index in [1.54, 1.807) is 0 Å². The van der Waals surface area contributed by atoms with Crippen molar-refractivity contribution in [2.24, 2.45) is 5.18 Å². The van der Waals surface area contributed by atoms with Gasteiger partial charge < -0.3 is 5.11 Å². The second-order valence-corrected chi connectivity index (χ2v) is 3.72. The number of carbonyl (C=O) groups is 1. The molecule has 0 spiro atoms. The highest BCUT2D eigenvalue weighted by atomic mass is 35.5. The maximum atomic E-state index is 10.8. The second kappa shape index (κ2) is 3.73. The van der Waals surface area contributed by atoms with Gasteiger partial charge in [0.05, 0.1) is 10.0 Å². The van der Waals surface area contributed by atoms with E-state index in [0.717, 1.165) is 4.40 Å². The fraction of sp³-hybridized carbons (Fsp3) is 0. The number of aromatic nitrogens is 2. The van der Waals surface area contributed by atoms with Gasteiger partial charge in [-0.25, -0.2) is 9.78 Å². The van der Waals surface area contributed by atoms with Gasteiger partial charge in [-0.1, -0.05) is 23.2 Å². The SMILES string of the molecule is O=Nc1c(C(=O)O)nc2c(Cl)cc(Cl)cn12. The quantitative estimate of drug-likeness (QED) is 0.841. The average Bonchev–Trinajstić information content (AvgIpc) is 2.56. The number of hydrogen-bond donors (Lipinski definition) is 1. The number of carboxylic acids is 1. The van der Waals surface area contributed by atoms with Gasteiger partial charge in [-0.15, -0.1) is 4.91 Å². The topological polar surface area (TPSA) is 84.0 Å². The number of nitroso groups, excluding NO2 is 1. The monoisotopic (exact) mass is 259 g/mol. The van der Waals surface area contributed by atoms with Gasteiger partial charge in [-0.05, 0) is 11.2 Å². The third-order valence-corrected chi connectivity index (χ3v) is 2.39. The Kier molecular flexibility index (Phi) is 2.53. The number of carboxylic acid groups (broad SMARTS) is 1. The van der Waals surface area contributed by atoms with Crippen LogP contribution in [-0.2, 0) is 0 Å². The number of pyridine rings is 1. The molecule has 0 aliphatic heterocycles. The van der Waals surface area contributed by atoms with Crippen molar-refractivity contribution in [3.05, 3.63) is 32.9 Å². The standard InChI is InChI=1S/C8H3Cl2N3O3/c9-3-1-4(10)6-11-5(8(14)15)7(12-16)13(6)2-3/h1-2H,(H,14,15). The minimum absolute atomic E-state index is 0.123. The van der Waals surface area contributed by atoms with Crippen LogP contribution in [0.3, 0.4) is 0 Å². The Morgan fingerprint density at radius 1 is 1.50 bits per heavy atom. The Bertz CT molecular complexity index is 608. The maximum Gasteiger partial charge on any atom is 0.358 e. The third-order valence-electron chi connectivity index (χ3n) is 1.91. The summed E-state index contributed by atoms with van der Waals surface area (Å²) in [5.41, 5.74) is -0.336. The van der Waals surface area contributed by atoms with Crippen molar-refractivity contribution in [2.75, 3.05) is 0 Å². The lowest BCUT2D eigenvalue weighted by Gasteiger charge is -1.97. The lowest BCUT2D eigenvalue weighted by Crippen LogP contribution is -1.96. The van der Waals surface area contributed by atoms with Crippen LogP contribution in [0.4, 0.5) is 5.82 Å². The summed E-state index contributed by atoms with van der Waals surface area (Å²) in [5.74, 6) is -1.70. The van der Waals surface area contributed by atoms with Crippen LogP contribution in [0.15, 0.2) is 17.4 Å². The summed E-state index contributed by atoms with van der Waals surface area (Å²) in [6, 6.07) is 1.39. The molecule has 0 atom stereocenters. The first-order valence-corrected chi connectivity index (χ1v) is 4.74. The number of imidazole rings is 1. The molecule has 0 amide bonds. The molecule has 2 rings (SSSR count). The van der Waals surface area contributed by atoms with Crippen LogP contribution in [-0.4, -0.2) is 20.5 Å². The summed E-state index contributed by atoms with van der Waals surface area (Å²) in [6.45, 7) is 0. The van der Waals surface area contributed by atoms with E-state index in [1.165, 1.54) is 12.3 Å². The highest BCUT2D eigenvalue weighted by molar-refractivity contribution is 6.36. The Labute approximate surface area is 98.4 Å². The van der Waals surface area contributed by atoms with Crippen molar-refractivity contribution < 1.29 is 9.90 Å². The molecule has 1 N–H and O–H groups in total. The van der Waals surface area contributed by atoms with Crippen molar-refractivity contribution in [1.29, 1.82) is 0 Å². The van der Waals surface area contributed by atoms with Gasteiger partial charge >= 0.3 is 5.97 Å². The molecule has 0 bridgehead atoms. The Morgan fingerprint density at radius 2 is 2.19 bits per heavy atom. The molecular formula is C8H3Cl2N3O3. The molecule has 8 heteroatoms. The smallest absolute Gasteiger partial charge is 0.358 e. The van der Waals surface area contributed by atoms with Crippen LogP contribution in [0, 0.1) is 4.91 Å². The number of aromatic carboxylic acids is 1. The molecule has 0 unspecified atom stereocenters. The second-order valence-electron chi connectivity index (χ2n) is 2.88. The zero-order chi connectivity index (χ0) is 11.9. The minimum Gasteiger partial charge on any atom is -0.476 e. The largest absolute Gasteiger partial charge is 0.476 e. The van der Waals surface area contributed by atoms with Crippen molar-refractivity contribution in [1.82, 2.24) is 9.38 Å². The van der Waals surface area contributed by atoms with Gasteiger partial charge in [0.2, 0.25) is 5.82 Å². The fourth-order valence-corrected chi connectivity index (χ4v) is 1.81. The van der Waals surface area contributed by atoms with E-state index < -0.39 is 11.7 Å². The molecule has 0 aliphatic carbocycles. The molecular weight excluding hydrogens is 257 g/mol. The number of nitrogens with zero attached hydrogens (tertiary/aromatic N) is 3. The summed E-state index contributed by atoms with van der Waals surface area (Å²) in [4.78, 5) is 25.1. The molecule has 16 heavy (non-hydrogen) atoms. The maximum absolute atomic E-state index is 10.8. The molecule has 0 radical (unpaired) electrons. The van der Waals surface area contributed by atoms with Gasteiger partial charge in [0.25, 0.3) is 0 Å². The van der Waals surface area contributed by atoms with E-state index >= 15 is 0 Å². The van der Waals surface area contributed by atoms with E-state index in [4.69, 9.17) is 28.3 Å². The number of hydrogen-bond acceptors (Lipinski definition) is 4. The fourth-order valence-electron chi connectivity index (χ4n) is 1.29. The van der Waals surface area contributed by atoms with Crippen LogP contribution in [0.1, 0.15) is 10.5 Å². The molecule has 2 heterocycles. The number of halogens is 2. The van der Waals surface area contributed by atoms with E-state index in [1.807, 2.05) is 0 Å². The van der Waals surface area contributed by atoms with E-state index in [2.05, 4.69) is 10.2 Å². The highest BCUT2D eigenvalue weighted by Gasteiger charge is 2.20. The van der Waals surface area contributed by atoms with Gasteiger partial charge in [0.15, 0.2) is 11.3 Å². The van der Waals surface area contributed by atoms with Gasteiger partial charge in [-0.2, -0.15) is 0 Å². The number of rotatable bonds is 2. The summed E-state index contributed by atoms with van der Waals surface area (Å²) in [5, 5.41) is 11.8. The predicted molar refractivity (Wildman–Crippen MR) is 57.6 cm³/mol. The highest BCUT2D eigenvalue weighted by Crippen LogP contribution is 2.28. The van der Waals surface area contributed by atoms with Crippen LogP contribution < -0.4 is 0 Å². The normalized spacial score (nSPS) is 10.6. The molecule has 0 aliphatic rings. The first-order chi connectivity index (χ1) is 7.54. The molecule has 0 saturated heterocycles. The summed E-state index contributed by atoms with van der Waals surface area (Å²) >= 11 is 11.5. The Hall–Kier alpha value is -1.66. The van der Waals surface area contributed by atoms with Crippen LogP contribution in [0.2, 0.25) is 10.0 Å². The first-order valence-electron chi connectivity index (χ1n) is 3.98. The van der Waals surface area contributed by atoms with E-state index in [0.29, 0.717) is 0 Å². The Morgan fingerprint density at radius 3 is 2.75 bits per heavy atom. The van der Waals surface area contributed by atoms with Crippen LogP contribution in [0.25, 0.3) is 5.65 Å². The lowest BCUT2D eigenvalue weighted by molar-refractivity contribution is 0.0692. The molecule has 0 aromatic carbocycles. The predicted octanol–water partition coefficient (Wildman–Crippen LogP) is 2.74. The van der Waals surface area contributed by atoms with Gasteiger partial charge in [-0.3, -0.25) is 4.40 Å². The molecule has 6 nitrogen and oxygen atoms in total. The molecule has 2 aromatic rings. The van der Waals surface area contributed by atoms with E-state index in [9.17, 15) is 9.70 Å². The van der Waals surface area contributed by atoms with Crippen LogP contribution >= 0.6 is 23.2 Å². The van der Waals surface area contributed by atoms with Crippen molar-refractivity contribution in [3.8, 4) is 0 Å². The van der Waals surface area contributed by atoms with Gasteiger partial charge in [0.1, 0.15) is 0 Å². The average molecular weight is 260 g/mol. The molecule has 82 valence electrons. The lowest BCUT2D eigenvalue weighted by atomic mass is 10.4.